The summed E-state index contributed by atoms with van der Waals surface area (Å²) in [7, 11) is 0. The Balaban J connectivity index is 1.81. The minimum absolute atomic E-state index is 0.0248. The van der Waals surface area contributed by atoms with Gasteiger partial charge >= 0.3 is 12.0 Å². The molecular formula is C14H24N2O3. The number of piperidine rings is 1. The average Bonchev–Trinajstić information content (AvgIpc) is 2.85. The predicted molar refractivity (Wildman–Crippen MR) is 71.9 cm³/mol. The van der Waals surface area contributed by atoms with E-state index < -0.39 is 5.97 Å². The van der Waals surface area contributed by atoms with Crippen molar-refractivity contribution in [1.82, 2.24) is 10.2 Å². The molecule has 2 rings (SSSR count). The third kappa shape index (κ3) is 3.39. The lowest BCUT2D eigenvalue weighted by atomic mass is 9.96. The number of nitrogens with one attached hydrogen (secondary N) is 1. The summed E-state index contributed by atoms with van der Waals surface area (Å²) in [6.45, 7) is 3.40. The second-order valence-electron chi connectivity index (χ2n) is 5.86. The molecule has 2 fully saturated rings. The highest BCUT2D eigenvalue weighted by Crippen LogP contribution is 2.31. The van der Waals surface area contributed by atoms with Crippen LogP contribution in [0.15, 0.2) is 0 Å². The maximum absolute atomic E-state index is 12.1. The number of carboxylic acid groups (broad SMARTS) is 1. The van der Waals surface area contributed by atoms with Gasteiger partial charge in [0.1, 0.15) is 0 Å². The SMILES string of the molecule is CC1CCCCN1C(=O)NCC1CCCC1C(=O)O. The van der Waals surface area contributed by atoms with Gasteiger partial charge in [-0.2, -0.15) is 0 Å². The van der Waals surface area contributed by atoms with Crippen molar-refractivity contribution >= 4 is 12.0 Å². The maximum Gasteiger partial charge on any atom is 0.317 e. The van der Waals surface area contributed by atoms with Gasteiger partial charge in [0.2, 0.25) is 0 Å². The van der Waals surface area contributed by atoms with E-state index in [-0.39, 0.29) is 17.9 Å². The molecule has 5 heteroatoms. The highest BCUT2D eigenvalue weighted by molar-refractivity contribution is 5.75. The van der Waals surface area contributed by atoms with Gasteiger partial charge in [0.15, 0.2) is 0 Å². The lowest BCUT2D eigenvalue weighted by Gasteiger charge is -2.33. The van der Waals surface area contributed by atoms with Crippen LogP contribution in [0, 0.1) is 11.8 Å². The normalized spacial score (nSPS) is 31.2. The Morgan fingerprint density at radius 3 is 2.68 bits per heavy atom. The fourth-order valence-electron chi connectivity index (χ4n) is 3.33. The average molecular weight is 268 g/mol. The molecule has 1 saturated heterocycles. The molecule has 0 aromatic heterocycles. The van der Waals surface area contributed by atoms with Gasteiger partial charge in [0, 0.05) is 19.1 Å². The van der Waals surface area contributed by atoms with E-state index in [1.165, 1.54) is 6.42 Å². The number of hydrogen-bond acceptors (Lipinski definition) is 2. The van der Waals surface area contributed by atoms with E-state index in [1.54, 1.807) is 0 Å². The van der Waals surface area contributed by atoms with Crippen LogP contribution in [-0.2, 0) is 4.79 Å². The summed E-state index contributed by atoms with van der Waals surface area (Å²) < 4.78 is 0. The van der Waals surface area contributed by atoms with E-state index in [1.807, 2.05) is 4.90 Å². The zero-order valence-corrected chi connectivity index (χ0v) is 11.6. The van der Waals surface area contributed by atoms with Crippen LogP contribution >= 0.6 is 0 Å². The van der Waals surface area contributed by atoms with Crippen molar-refractivity contribution in [2.75, 3.05) is 13.1 Å². The summed E-state index contributed by atoms with van der Waals surface area (Å²) >= 11 is 0. The first kappa shape index (κ1) is 14.2. The Morgan fingerprint density at radius 2 is 2.00 bits per heavy atom. The van der Waals surface area contributed by atoms with Gasteiger partial charge < -0.3 is 15.3 Å². The molecule has 3 atom stereocenters. The molecule has 19 heavy (non-hydrogen) atoms. The highest BCUT2D eigenvalue weighted by Gasteiger charge is 2.33. The van der Waals surface area contributed by atoms with Crippen LogP contribution in [-0.4, -0.2) is 41.1 Å². The largest absolute Gasteiger partial charge is 0.481 e. The number of nitrogens with zero attached hydrogens (tertiary/aromatic N) is 1. The summed E-state index contributed by atoms with van der Waals surface area (Å²) in [6.07, 6.45) is 5.93. The number of carbonyl (C=O) groups excluding carboxylic acids is 1. The molecule has 2 N–H and O–H groups in total. The van der Waals surface area contributed by atoms with Gasteiger partial charge in [-0.15, -0.1) is 0 Å². The molecule has 0 spiro atoms. The molecule has 0 aromatic carbocycles. The quantitative estimate of drug-likeness (QED) is 0.823. The zero-order valence-electron chi connectivity index (χ0n) is 11.6. The van der Waals surface area contributed by atoms with E-state index in [9.17, 15) is 9.59 Å². The van der Waals surface area contributed by atoms with Crippen molar-refractivity contribution in [2.45, 2.75) is 51.5 Å². The van der Waals surface area contributed by atoms with Crippen LogP contribution in [0.3, 0.4) is 0 Å². The fraction of sp³-hybridized carbons (Fsp3) is 0.857. The van der Waals surface area contributed by atoms with Crippen LogP contribution < -0.4 is 5.32 Å². The monoisotopic (exact) mass is 268 g/mol. The minimum Gasteiger partial charge on any atom is -0.481 e. The Labute approximate surface area is 114 Å². The molecule has 0 aromatic rings. The van der Waals surface area contributed by atoms with E-state index in [4.69, 9.17) is 5.11 Å². The number of carbonyl (C=O) groups is 2. The van der Waals surface area contributed by atoms with Crippen molar-refractivity contribution < 1.29 is 14.7 Å². The highest BCUT2D eigenvalue weighted by atomic mass is 16.4. The molecule has 1 heterocycles. The number of carboxylic acids is 1. The molecule has 1 saturated carbocycles. The van der Waals surface area contributed by atoms with Crippen LogP contribution in [0.1, 0.15) is 45.4 Å². The number of hydrogen-bond donors (Lipinski definition) is 2. The summed E-state index contributed by atoms with van der Waals surface area (Å²) in [5, 5.41) is 12.0. The van der Waals surface area contributed by atoms with Gasteiger partial charge in [-0.1, -0.05) is 6.42 Å². The zero-order chi connectivity index (χ0) is 13.8. The first-order valence-electron chi connectivity index (χ1n) is 7.37. The molecule has 2 aliphatic rings. The molecule has 0 radical (unpaired) electrons. The number of urea groups is 1. The topological polar surface area (TPSA) is 69.6 Å². The van der Waals surface area contributed by atoms with Crippen molar-refractivity contribution in [1.29, 1.82) is 0 Å². The Bertz CT molecular complexity index is 346. The van der Waals surface area contributed by atoms with Crippen LogP contribution in [0.25, 0.3) is 0 Å². The lowest BCUT2D eigenvalue weighted by molar-refractivity contribution is -0.142. The van der Waals surface area contributed by atoms with Gasteiger partial charge in [0.05, 0.1) is 5.92 Å². The molecule has 0 bridgehead atoms. The Hall–Kier alpha value is -1.26. The van der Waals surface area contributed by atoms with Crippen molar-refractivity contribution in [3.05, 3.63) is 0 Å². The molecule has 3 unspecified atom stereocenters. The fourth-order valence-corrected chi connectivity index (χ4v) is 3.33. The van der Waals surface area contributed by atoms with E-state index in [0.29, 0.717) is 12.6 Å². The van der Waals surface area contributed by atoms with Crippen molar-refractivity contribution in [2.24, 2.45) is 11.8 Å². The summed E-state index contributed by atoms with van der Waals surface area (Å²) in [4.78, 5) is 25.1. The molecule has 108 valence electrons. The van der Waals surface area contributed by atoms with Crippen LogP contribution in [0.4, 0.5) is 4.79 Å². The predicted octanol–water partition coefficient (Wildman–Crippen LogP) is 2.07. The van der Waals surface area contributed by atoms with Crippen LogP contribution in [0.5, 0.6) is 0 Å². The summed E-state index contributed by atoms with van der Waals surface area (Å²) in [5.74, 6) is -0.899. The molecule has 1 aliphatic heterocycles. The molecule has 2 amide bonds. The Morgan fingerprint density at radius 1 is 1.21 bits per heavy atom. The van der Waals surface area contributed by atoms with Gasteiger partial charge in [0.25, 0.3) is 0 Å². The number of likely N-dealkylation sites (tertiary alicyclic amines) is 1. The maximum atomic E-state index is 12.1. The second-order valence-corrected chi connectivity index (χ2v) is 5.86. The Kier molecular flexibility index (Phi) is 4.66. The summed E-state index contributed by atoms with van der Waals surface area (Å²) in [5.41, 5.74) is 0. The third-order valence-corrected chi connectivity index (χ3v) is 4.56. The van der Waals surface area contributed by atoms with Gasteiger partial charge in [-0.05, 0) is 44.9 Å². The van der Waals surface area contributed by atoms with E-state index in [2.05, 4.69) is 12.2 Å². The van der Waals surface area contributed by atoms with Crippen molar-refractivity contribution in [3.63, 3.8) is 0 Å². The minimum atomic E-state index is -0.719. The van der Waals surface area contributed by atoms with Gasteiger partial charge in [-0.3, -0.25) is 4.79 Å². The standard InChI is InChI=1S/C14H24N2O3/c1-10-5-2-3-8-16(10)14(19)15-9-11-6-4-7-12(11)13(17)18/h10-12H,2-9H2,1H3,(H,15,19)(H,17,18). The molecular weight excluding hydrogens is 244 g/mol. The number of aliphatic carboxylic acids is 1. The second kappa shape index (κ2) is 6.26. The number of rotatable bonds is 3. The first-order valence-corrected chi connectivity index (χ1v) is 7.37. The summed E-state index contributed by atoms with van der Waals surface area (Å²) in [6, 6.07) is 0.274. The van der Waals surface area contributed by atoms with Gasteiger partial charge in [-0.25, -0.2) is 4.79 Å². The van der Waals surface area contributed by atoms with Crippen LogP contribution in [0.2, 0.25) is 0 Å². The molecule has 1 aliphatic carbocycles. The third-order valence-electron chi connectivity index (χ3n) is 4.56. The number of amides is 2. The van der Waals surface area contributed by atoms with E-state index >= 15 is 0 Å². The lowest BCUT2D eigenvalue weighted by Crippen LogP contribution is -2.48. The van der Waals surface area contributed by atoms with Crippen molar-refractivity contribution in [3.8, 4) is 0 Å². The molecule has 5 nitrogen and oxygen atoms in total. The smallest absolute Gasteiger partial charge is 0.317 e. The first-order chi connectivity index (χ1) is 9.09. The van der Waals surface area contributed by atoms with E-state index in [0.717, 1.165) is 38.6 Å².